The second-order valence-electron chi connectivity index (χ2n) is 5.91. The quantitative estimate of drug-likeness (QED) is 0.796. The summed E-state index contributed by atoms with van der Waals surface area (Å²) >= 11 is 1.55. The maximum Gasteiger partial charge on any atom is 0.254 e. The van der Waals surface area contributed by atoms with Gasteiger partial charge in [-0.3, -0.25) is 9.59 Å². The zero-order valence-electron chi connectivity index (χ0n) is 11.8. The highest BCUT2D eigenvalue weighted by molar-refractivity contribution is 7.08. The normalized spacial score (nSPS) is 27.1. The Balaban J connectivity index is 1.71. The van der Waals surface area contributed by atoms with Gasteiger partial charge < -0.3 is 9.80 Å². The van der Waals surface area contributed by atoms with E-state index in [0.29, 0.717) is 6.54 Å². The SMILES string of the molecule is CN1CC[C@]2(CCCN(C(=O)c3ccsc3)CC2)C1=O. The summed E-state index contributed by atoms with van der Waals surface area (Å²) in [5.74, 6) is 0.393. The summed E-state index contributed by atoms with van der Waals surface area (Å²) in [4.78, 5) is 28.5. The van der Waals surface area contributed by atoms with Crippen molar-refractivity contribution in [1.29, 1.82) is 0 Å². The first-order chi connectivity index (χ1) is 9.62. The van der Waals surface area contributed by atoms with Gasteiger partial charge in [-0.05, 0) is 37.1 Å². The summed E-state index contributed by atoms with van der Waals surface area (Å²) in [7, 11) is 1.89. The zero-order valence-corrected chi connectivity index (χ0v) is 12.6. The lowest BCUT2D eigenvalue weighted by Crippen LogP contribution is -2.35. The molecule has 2 aliphatic heterocycles. The van der Waals surface area contributed by atoms with Crippen LogP contribution in [0.3, 0.4) is 0 Å². The Bertz CT molecular complexity index is 514. The summed E-state index contributed by atoms with van der Waals surface area (Å²) in [6.45, 7) is 2.33. The number of hydrogen-bond acceptors (Lipinski definition) is 3. The van der Waals surface area contributed by atoms with E-state index in [0.717, 1.165) is 44.3 Å². The third-order valence-electron chi connectivity index (χ3n) is 4.73. The maximum atomic E-state index is 12.4. The molecular formula is C15H20N2O2S. The Kier molecular flexibility index (Phi) is 3.54. The Hall–Kier alpha value is -1.36. The van der Waals surface area contributed by atoms with E-state index in [4.69, 9.17) is 0 Å². The largest absolute Gasteiger partial charge is 0.345 e. The molecule has 0 saturated carbocycles. The third-order valence-corrected chi connectivity index (χ3v) is 5.41. The van der Waals surface area contributed by atoms with Gasteiger partial charge in [0.1, 0.15) is 0 Å². The molecule has 5 heteroatoms. The molecule has 2 fully saturated rings. The number of carbonyl (C=O) groups is 2. The fourth-order valence-corrected chi connectivity index (χ4v) is 4.05. The standard InChI is InChI=1S/C15H20N2O2S/c1-16-8-5-15(14(16)19)4-2-7-17(9-6-15)13(18)12-3-10-20-11-12/h3,10-11H,2,4-9H2,1H3/t15-/m0/s1. The van der Waals surface area contributed by atoms with Crippen molar-refractivity contribution in [2.45, 2.75) is 25.7 Å². The molecule has 1 atom stereocenters. The fourth-order valence-electron chi connectivity index (χ4n) is 3.42. The van der Waals surface area contributed by atoms with Crippen LogP contribution >= 0.6 is 11.3 Å². The average molecular weight is 292 g/mol. The van der Waals surface area contributed by atoms with Crippen LogP contribution in [0.5, 0.6) is 0 Å². The van der Waals surface area contributed by atoms with Crippen molar-refractivity contribution in [2.75, 3.05) is 26.7 Å². The Morgan fingerprint density at radius 1 is 1.25 bits per heavy atom. The lowest BCUT2D eigenvalue weighted by molar-refractivity contribution is -0.135. The van der Waals surface area contributed by atoms with E-state index in [1.807, 2.05) is 33.7 Å². The minimum absolute atomic E-state index is 0.113. The maximum absolute atomic E-state index is 12.4. The number of hydrogen-bond donors (Lipinski definition) is 0. The van der Waals surface area contributed by atoms with Crippen molar-refractivity contribution < 1.29 is 9.59 Å². The molecule has 1 aromatic rings. The second kappa shape index (κ2) is 5.20. The summed E-state index contributed by atoms with van der Waals surface area (Å²) in [5, 5.41) is 3.83. The van der Waals surface area contributed by atoms with E-state index in [1.54, 1.807) is 11.3 Å². The highest BCUT2D eigenvalue weighted by Crippen LogP contribution is 2.41. The predicted molar refractivity (Wildman–Crippen MR) is 78.8 cm³/mol. The molecule has 1 spiro atoms. The zero-order chi connectivity index (χ0) is 14.2. The van der Waals surface area contributed by atoms with Crippen LogP contribution in [-0.2, 0) is 4.79 Å². The van der Waals surface area contributed by atoms with Crippen molar-refractivity contribution in [1.82, 2.24) is 9.80 Å². The monoisotopic (exact) mass is 292 g/mol. The van der Waals surface area contributed by atoms with Crippen molar-refractivity contribution in [3.05, 3.63) is 22.4 Å². The van der Waals surface area contributed by atoms with E-state index in [-0.39, 0.29) is 17.2 Å². The molecule has 1 aromatic heterocycles. The molecule has 2 amide bonds. The number of nitrogens with zero attached hydrogens (tertiary/aromatic N) is 2. The molecule has 0 radical (unpaired) electrons. The Morgan fingerprint density at radius 3 is 2.70 bits per heavy atom. The Labute approximate surface area is 123 Å². The fraction of sp³-hybridized carbons (Fsp3) is 0.600. The van der Waals surface area contributed by atoms with Gasteiger partial charge in [0.05, 0.1) is 11.0 Å². The van der Waals surface area contributed by atoms with Crippen LogP contribution in [0.4, 0.5) is 0 Å². The van der Waals surface area contributed by atoms with Crippen molar-refractivity contribution in [3.8, 4) is 0 Å². The first kappa shape index (κ1) is 13.6. The first-order valence-electron chi connectivity index (χ1n) is 7.19. The molecule has 3 rings (SSSR count). The van der Waals surface area contributed by atoms with E-state index < -0.39 is 0 Å². The number of rotatable bonds is 1. The van der Waals surface area contributed by atoms with Crippen LogP contribution in [0.15, 0.2) is 16.8 Å². The van der Waals surface area contributed by atoms with E-state index in [2.05, 4.69) is 0 Å². The highest BCUT2D eigenvalue weighted by atomic mass is 32.1. The molecule has 108 valence electrons. The average Bonchev–Trinajstić information content (AvgIpc) is 3.00. The molecular weight excluding hydrogens is 272 g/mol. The van der Waals surface area contributed by atoms with Gasteiger partial charge in [-0.25, -0.2) is 0 Å². The van der Waals surface area contributed by atoms with Crippen LogP contribution in [0, 0.1) is 5.41 Å². The van der Waals surface area contributed by atoms with Gasteiger partial charge in [0.15, 0.2) is 0 Å². The first-order valence-corrected chi connectivity index (χ1v) is 8.14. The number of amides is 2. The van der Waals surface area contributed by atoms with Gasteiger partial charge in [-0.1, -0.05) is 0 Å². The van der Waals surface area contributed by atoms with Gasteiger partial charge in [-0.15, -0.1) is 0 Å². The Morgan fingerprint density at radius 2 is 2.05 bits per heavy atom. The van der Waals surface area contributed by atoms with Crippen molar-refractivity contribution in [3.63, 3.8) is 0 Å². The molecule has 0 aromatic carbocycles. The molecule has 0 N–H and O–H groups in total. The van der Waals surface area contributed by atoms with Crippen LogP contribution < -0.4 is 0 Å². The second-order valence-corrected chi connectivity index (χ2v) is 6.69. The lowest BCUT2D eigenvalue weighted by Gasteiger charge is -2.25. The molecule has 3 heterocycles. The van der Waals surface area contributed by atoms with E-state index in [9.17, 15) is 9.59 Å². The van der Waals surface area contributed by atoms with Crippen LogP contribution in [-0.4, -0.2) is 48.3 Å². The molecule has 0 bridgehead atoms. The van der Waals surface area contributed by atoms with E-state index >= 15 is 0 Å². The molecule has 20 heavy (non-hydrogen) atoms. The van der Waals surface area contributed by atoms with E-state index in [1.165, 1.54) is 0 Å². The minimum atomic E-state index is -0.196. The van der Waals surface area contributed by atoms with Crippen LogP contribution in [0.1, 0.15) is 36.0 Å². The van der Waals surface area contributed by atoms with Gasteiger partial charge >= 0.3 is 0 Å². The summed E-state index contributed by atoms with van der Waals surface area (Å²) in [5.41, 5.74) is 0.583. The number of carbonyl (C=O) groups excluding carboxylic acids is 2. The summed E-state index contributed by atoms with van der Waals surface area (Å²) in [6, 6.07) is 1.88. The van der Waals surface area contributed by atoms with Crippen LogP contribution in [0.25, 0.3) is 0 Å². The summed E-state index contributed by atoms with van der Waals surface area (Å²) in [6.07, 6.45) is 3.61. The van der Waals surface area contributed by atoms with Gasteiger partial charge in [0, 0.05) is 32.1 Å². The number of likely N-dealkylation sites (tertiary alicyclic amines) is 2. The molecule has 0 aliphatic carbocycles. The molecule has 4 nitrogen and oxygen atoms in total. The van der Waals surface area contributed by atoms with Gasteiger partial charge in [0.25, 0.3) is 5.91 Å². The molecule has 2 aliphatic rings. The molecule has 0 unspecified atom stereocenters. The third kappa shape index (κ3) is 2.24. The van der Waals surface area contributed by atoms with Gasteiger partial charge in [-0.2, -0.15) is 11.3 Å². The van der Waals surface area contributed by atoms with Gasteiger partial charge in [0.2, 0.25) is 5.91 Å². The minimum Gasteiger partial charge on any atom is -0.345 e. The van der Waals surface area contributed by atoms with Crippen LogP contribution in [0.2, 0.25) is 0 Å². The van der Waals surface area contributed by atoms with Crippen molar-refractivity contribution in [2.24, 2.45) is 5.41 Å². The topological polar surface area (TPSA) is 40.6 Å². The molecule has 2 saturated heterocycles. The van der Waals surface area contributed by atoms with Crippen molar-refractivity contribution >= 4 is 23.2 Å². The summed E-state index contributed by atoms with van der Waals surface area (Å²) < 4.78 is 0. The predicted octanol–water partition coefficient (Wildman–Crippen LogP) is 2.22. The number of thiophene rings is 1. The lowest BCUT2D eigenvalue weighted by atomic mass is 9.79. The highest BCUT2D eigenvalue weighted by Gasteiger charge is 2.45. The smallest absolute Gasteiger partial charge is 0.254 e.